The van der Waals surface area contributed by atoms with Crippen LogP contribution < -0.4 is 10.6 Å². The van der Waals surface area contributed by atoms with Crippen LogP contribution >= 0.6 is 22.7 Å². The third-order valence-corrected chi connectivity index (χ3v) is 6.63. The van der Waals surface area contributed by atoms with E-state index in [1.807, 2.05) is 51.1 Å². The van der Waals surface area contributed by atoms with Crippen molar-refractivity contribution in [2.24, 2.45) is 5.41 Å². The van der Waals surface area contributed by atoms with E-state index in [0.717, 1.165) is 16.1 Å². The SMILES string of the molecule is Cc1ccc2nc(-c3ccc(NC(=O)Cc4csc(NC(=O)C(C)(C)C)n4)cc3)sc2c1. The van der Waals surface area contributed by atoms with Crippen LogP contribution in [-0.4, -0.2) is 21.8 Å². The lowest BCUT2D eigenvalue weighted by atomic mass is 9.96. The van der Waals surface area contributed by atoms with Gasteiger partial charge in [0.2, 0.25) is 11.8 Å². The molecule has 8 heteroatoms. The molecule has 0 aliphatic carbocycles. The number of hydrogen-bond acceptors (Lipinski definition) is 6. The molecule has 2 N–H and O–H groups in total. The lowest BCUT2D eigenvalue weighted by Crippen LogP contribution is -2.27. The summed E-state index contributed by atoms with van der Waals surface area (Å²) in [6.45, 7) is 7.60. The van der Waals surface area contributed by atoms with Crippen LogP contribution in [0.4, 0.5) is 10.8 Å². The van der Waals surface area contributed by atoms with Gasteiger partial charge in [-0.3, -0.25) is 9.59 Å². The van der Waals surface area contributed by atoms with E-state index in [1.165, 1.54) is 21.6 Å². The molecule has 4 rings (SSSR count). The first-order valence-corrected chi connectivity index (χ1v) is 11.9. The van der Waals surface area contributed by atoms with Crippen LogP contribution in [0.5, 0.6) is 0 Å². The smallest absolute Gasteiger partial charge is 0.231 e. The molecule has 164 valence electrons. The molecule has 0 unspecified atom stereocenters. The van der Waals surface area contributed by atoms with E-state index in [1.54, 1.807) is 16.7 Å². The zero-order chi connectivity index (χ0) is 22.9. The Hall–Kier alpha value is -3.10. The first-order valence-electron chi connectivity index (χ1n) is 10.2. The highest BCUT2D eigenvalue weighted by Crippen LogP contribution is 2.31. The summed E-state index contributed by atoms with van der Waals surface area (Å²) < 4.78 is 1.17. The minimum atomic E-state index is -0.500. The first-order chi connectivity index (χ1) is 15.2. The van der Waals surface area contributed by atoms with Gasteiger partial charge in [0.15, 0.2) is 5.13 Å². The second-order valence-electron chi connectivity index (χ2n) is 8.64. The van der Waals surface area contributed by atoms with Crippen molar-refractivity contribution in [1.29, 1.82) is 0 Å². The van der Waals surface area contributed by atoms with Crippen LogP contribution in [0.3, 0.4) is 0 Å². The number of hydrogen-bond donors (Lipinski definition) is 2. The van der Waals surface area contributed by atoms with Gasteiger partial charge in [-0.1, -0.05) is 26.8 Å². The molecule has 6 nitrogen and oxygen atoms in total. The predicted molar refractivity (Wildman–Crippen MR) is 132 cm³/mol. The normalized spacial score (nSPS) is 11.5. The summed E-state index contributed by atoms with van der Waals surface area (Å²) in [5.74, 6) is -0.265. The lowest BCUT2D eigenvalue weighted by molar-refractivity contribution is -0.123. The Morgan fingerprint density at radius 2 is 1.75 bits per heavy atom. The molecule has 0 atom stereocenters. The highest BCUT2D eigenvalue weighted by Gasteiger charge is 2.22. The summed E-state index contributed by atoms with van der Waals surface area (Å²) in [7, 11) is 0. The quantitative estimate of drug-likeness (QED) is 0.385. The van der Waals surface area contributed by atoms with Crippen molar-refractivity contribution in [1.82, 2.24) is 9.97 Å². The molecule has 0 spiro atoms. The maximum absolute atomic E-state index is 12.4. The number of carbonyl (C=O) groups excluding carboxylic acids is 2. The molecule has 0 saturated heterocycles. The number of aryl methyl sites for hydroxylation is 1. The Labute approximate surface area is 194 Å². The summed E-state index contributed by atoms with van der Waals surface area (Å²) >= 11 is 2.97. The number of thiazole rings is 2. The number of fused-ring (bicyclic) bond motifs is 1. The minimum Gasteiger partial charge on any atom is -0.326 e. The highest BCUT2D eigenvalue weighted by atomic mass is 32.1. The number of anilines is 2. The zero-order valence-electron chi connectivity index (χ0n) is 18.4. The van der Waals surface area contributed by atoms with Crippen LogP contribution in [0.15, 0.2) is 47.8 Å². The highest BCUT2D eigenvalue weighted by molar-refractivity contribution is 7.21. The molecular formula is C24H24N4O2S2. The lowest BCUT2D eigenvalue weighted by Gasteiger charge is -2.15. The average molecular weight is 465 g/mol. The third kappa shape index (κ3) is 5.20. The van der Waals surface area contributed by atoms with Crippen LogP contribution in [0, 0.1) is 12.3 Å². The fourth-order valence-electron chi connectivity index (χ4n) is 2.95. The number of nitrogens with one attached hydrogen (secondary N) is 2. The van der Waals surface area contributed by atoms with Gasteiger partial charge in [0.1, 0.15) is 5.01 Å². The number of aromatic nitrogens is 2. The summed E-state index contributed by atoms with van der Waals surface area (Å²) in [4.78, 5) is 33.6. The second-order valence-corrected chi connectivity index (χ2v) is 10.5. The van der Waals surface area contributed by atoms with Crippen LogP contribution in [0.25, 0.3) is 20.8 Å². The third-order valence-electron chi connectivity index (χ3n) is 4.75. The maximum atomic E-state index is 12.4. The molecule has 0 radical (unpaired) electrons. The topological polar surface area (TPSA) is 84.0 Å². The van der Waals surface area contributed by atoms with Crippen LogP contribution in [0.2, 0.25) is 0 Å². The van der Waals surface area contributed by atoms with Gasteiger partial charge >= 0.3 is 0 Å². The van der Waals surface area contributed by atoms with Gasteiger partial charge in [0.05, 0.1) is 22.3 Å². The Kier molecular flexibility index (Phi) is 6.08. The van der Waals surface area contributed by atoms with Gasteiger partial charge < -0.3 is 10.6 Å². The van der Waals surface area contributed by atoms with E-state index in [9.17, 15) is 9.59 Å². The van der Waals surface area contributed by atoms with Gasteiger partial charge in [-0.2, -0.15) is 0 Å². The average Bonchev–Trinajstić information content (AvgIpc) is 3.34. The van der Waals surface area contributed by atoms with E-state index in [0.29, 0.717) is 16.5 Å². The van der Waals surface area contributed by atoms with Crippen molar-refractivity contribution in [2.45, 2.75) is 34.1 Å². The molecule has 0 bridgehead atoms. The van der Waals surface area contributed by atoms with Crippen LogP contribution in [0.1, 0.15) is 32.0 Å². The minimum absolute atomic E-state index is 0.105. The molecule has 2 aromatic heterocycles. The summed E-state index contributed by atoms with van der Waals surface area (Å²) in [5, 5.41) is 8.93. The summed E-state index contributed by atoms with van der Waals surface area (Å²) in [6.07, 6.45) is 0.140. The summed E-state index contributed by atoms with van der Waals surface area (Å²) in [6, 6.07) is 13.9. The van der Waals surface area contributed by atoms with Crippen LogP contribution in [-0.2, 0) is 16.0 Å². The second kappa shape index (κ2) is 8.80. The molecule has 2 aromatic carbocycles. The Morgan fingerprint density at radius 3 is 2.47 bits per heavy atom. The van der Waals surface area contributed by atoms with Gasteiger partial charge in [-0.25, -0.2) is 9.97 Å². The van der Waals surface area contributed by atoms with E-state index in [4.69, 9.17) is 4.98 Å². The Balaban J connectivity index is 1.37. The largest absolute Gasteiger partial charge is 0.326 e. The van der Waals surface area contributed by atoms with Gasteiger partial charge in [-0.05, 0) is 48.9 Å². The molecule has 32 heavy (non-hydrogen) atoms. The van der Waals surface area contributed by atoms with Crippen molar-refractivity contribution in [3.8, 4) is 10.6 Å². The molecule has 0 fully saturated rings. The van der Waals surface area contributed by atoms with Crippen molar-refractivity contribution >= 4 is 55.5 Å². The van der Waals surface area contributed by atoms with E-state index < -0.39 is 5.41 Å². The first kappa shape index (κ1) is 22.1. The molecule has 2 amide bonds. The maximum Gasteiger partial charge on any atom is 0.231 e. The molecule has 2 heterocycles. The molecular weight excluding hydrogens is 440 g/mol. The number of nitrogens with zero attached hydrogens (tertiary/aromatic N) is 2. The Bertz CT molecular complexity index is 1280. The Morgan fingerprint density at radius 1 is 1.00 bits per heavy atom. The molecule has 0 saturated carbocycles. The standard InChI is InChI=1S/C24H24N4O2S2/c1-14-5-10-18-19(11-14)32-21(27-18)15-6-8-16(9-7-15)25-20(29)12-17-13-31-23(26-17)28-22(30)24(2,3)4/h5-11,13H,12H2,1-4H3,(H,25,29)(H,26,28,30). The molecule has 0 aliphatic heterocycles. The van der Waals surface area contributed by atoms with E-state index >= 15 is 0 Å². The molecule has 4 aromatic rings. The van der Waals surface area contributed by atoms with Crippen molar-refractivity contribution in [3.63, 3.8) is 0 Å². The van der Waals surface area contributed by atoms with Crippen molar-refractivity contribution < 1.29 is 9.59 Å². The van der Waals surface area contributed by atoms with E-state index in [2.05, 4.69) is 34.7 Å². The monoisotopic (exact) mass is 464 g/mol. The predicted octanol–water partition coefficient (Wildman–Crippen LogP) is 5.89. The van der Waals surface area contributed by atoms with Crippen molar-refractivity contribution in [3.05, 3.63) is 59.1 Å². The number of benzene rings is 2. The zero-order valence-corrected chi connectivity index (χ0v) is 20.0. The summed E-state index contributed by atoms with van der Waals surface area (Å²) in [5.41, 5.74) is 4.06. The number of amides is 2. The fraction of sp³-hybridized carbons (Fsp3) is 0.250. The van der Waals surface area contributed by atoms with Gasteiger partial charge in [0.25, 0.3) is 0 Å². The number of carbonyl (C=O) groups is 2. The van der Waals surface area contributed by atoms with E-state index in [-0.39, 0.29) is 18.2 Å². The van der Waals surface area contributed by atoms with Gasteiger partial charge in [0, 0.05) is 22.0 Å². The van der Waals surface area contributed by atoms with Crippen molar-refractivity contribution in [2.75, 3.05) is 10.6 Å². The van der Waals surface area contributed by atoms with Gasteiger partial charge in [-0.15, -0.1) is 22.7 Å². The fourth-order valence-corrected chi connectivity index (χ4v) is 4.73. The number of rotatable bonds is 5. The molecule has 0 aliphatic rings.